The first-order valence-corrected chi connectivity index (χ1v) is 6.84. The summed E-state index contributed by atoms with van der Waals surface area (Å²) in [5.41, 5.74) is 7.86. The molecule has 1 aliphatic rings. The molecule has 0 spiro atoms. The van der Waals surface area contributed by atoms with Crippen LogP contribution in [0.4, 0.5) is 0 Å². The minimum atomic E-state index is -0.0625. The third kappa shape index (κ3) is 2.71. The fourth-order valence-electron chi connectivity index (χ4n) is 1.95. The standard InChI is InChI=1S/C12H17BN2O2S/c1-13-9-7-8(11(16)15-5-6-17-2)3-4-10(9)18-12(13)14/h3-4,7,12H,5-6,14H2,1-2H3,(H,15,16). The summed E-state index contributed by atoms with van der Waals surface area (Å²) >= 11 is 1.67. The van der Waals surface area contributed by atoms with E-state index in [0.717, 1.165) is 0 Å². The van der Waals surface area contributed by atoms with Gasteiger partial charge in [-0.2, -0.15) is 0 Å². The summed E-state index contributed by atoms with van der Waals surface area (Å²) in [6, 6.07) is 5.77. The lowest BCUT2D eigenvalue weighted by atomic mass is 9.47. The van der Waals surface area contributed by atoms with Crippen LogP contribution in [0.25, 0.3) is 0 Å². The fraction of sp³-hybridized carbons (Fsp3) is 0.417. The van der Waals surface area contributed by atoms with E-state index >= 15 is 0 Å². The summed E-state index contributed by atoms with van der Waals surface area (Å²) in [5, 5.41) is 2.90. The molecule has 0 bridgehead atoms. The monoisotopic (exact) mass is 264 g/mol. The van der Waals surface area contributed by atoms with Gasteiger partial charge >= 0.3 is 0 Å². The van der Waals surface area contributed by atoms with Gasteiger partial charge < -0.3 is 15.8 Å². The van der Waals surface area contributed by atoms with E-state index in [-0.39, 0.29) is 17.9 Å². The predicted octanol–water partition coefficient (Wildman–Crippen LogP) is 0.324. The van der Waals surface area contributed by atoms with Crippen LogP contribution in [0, 0.1) is 0 Å². The van der Waals surface area contributed by atoms with E-state index in [2.05, 4.69) is 12.1 Å². The number of nitrogens with two attached hydrogens (primary N) is 1. The van der Waals surface area contributed by atoms with E-state index in [9.17, 15) is 4.79 Å². The van der Waals surface area contributed by atoms with Crippen LogP contribution in [0.3, 0.4) is 0 Å². The highest BCUT2D eigenvalue weighted by Crippen LogP contribution is 2.28. The Bertz CT molecular complexity index is 456. The van der Waals surface area contributed by atoms with Crippen LogP contribution in [-0.2, 0) is 4.74 Å². The molecule has 0 saturated carbocycles. The number of hydrogen-bond acceptors (Lipinski definition) is 4. The Morgan fingerprint density at radius 2 is 2.39 bits per heavy atom. The van der Waals surface area contributed by atoms with Gasteiger partial charge in [0.1, 0.15) is 0 Å². The summed E-state index contributed by atoms with van der Waals surface area (Å²) in [6.07, 6.45) is 0. The Morgan fingerprint density at radius 1 is 1.61 bits per heavy atom. The van der Waals surface area contributed by atoms with Gasteiger partial charge in [0.2, 0.25) is 6.71 Å². The zero-order valence-electron chi connectivity index (χ0n) is 10.6. The third-order valence-corrected chi connectivity index (χ3v) is 4.42. The van der Waals surface area contributed by atoms with Crippen molar-refractivity contribution in [1.29, 1.82) is 0 Å². The van der Waals surface area contributed by atoms with E-state index in [4.69, 9.17) is 10.5 Å². The molecular formula is C12H17BN2O2S. The summed E-state index contributed by atoms with van der Waals surface area (Å²) in [7, 11) is 1.61. The molecule has 1 atom stereocenters. The highest BCUT2D eigenvalue weighted by Gasteiger charge is 2.30. The minimum absolute atomic E-state index is 0.0625. The summed E-state index contributed by atoms with van der Waals surface area (Å²) in [4.78, 5) is 13.1. The molecule has 1 heterocycles. The predicted molar refractivity (Wildman–Crippen MR) is 75.7 cm³/mol. The van der Waals surface area contributed by atoms with Crippen LogP contribution >= 0.6 is 11.8 Å². The number of thioether (sulfide) groups is 1. The van der Waals surface area contributed by atoms with Gasteiger partial charge in [0.25, 0.3) is 5.91 Å². The van der Waals surface area contributed by atoms with Crippen molar-refractivity contribution in [2.45, 2.75) is 17.0 Å². The molecule has 0 aliphatic carbocycles. The second-order valence-corrected chi connectivity index (χ2v) is 5.59. The van der Waals surface area contributed by atoms with Crippen molar-refractivity contribution in [3.63, 3.8) is 0 Å². The average Bonchev–Trinajstić information content (AvgIpc) is 2.65. The highest BCUT2D eigenvalue weighted by atomic mass is 32.2. The van der Waals surface area contributed by atoms with E-state index in [1.165, 1.54) is 10.4 Å². The summed E-state index contributed by atoms with van der Waals surface area (Å²) in [5.74, 6) is -0.0625. The molecule has 2 rings (SSSR count). The number of carbonyl (C=O) groups is 1. The molecule has 0 fully saturated rings. The Morgan fingerprint density at radius 3 is 3.11 bits per heavy atom. The lowest BCUT2D eigenvalue weighted by Gasteiger charge is -2.07. The van der Waals surface area contributed by atoms with Crippen LogP contribution in [0.2, 0.25) is 6.82 Å². The zero-order chi connectivity index (χ0) is 13.1. The van der Waals surface area contributed by atoms with Crippen LogP contribution in [-0.4, -0.2) is 38.2 Å². The van der Waals surface area contributed by atoms with E-state index in [0.29, 0.717) is 18.7 Å². The topological polar surface area (TPSA) is 64.3 Å². The smallest absolute Gasteiger partial charge is 0.251 e. The number of fused-ring (bicyclic) bond motifs is 1. The van der Waals surface area contributed by atoms with Gasteiger partial charge in [0, 0.05) is 29.4 Å². The van der Waals surface area contributed by atoms with Crippen molar-refractivity contribution >= 4 is 29.8 Å². The van der Waals surface area contributed by atoms with Crippen LogP contribution in [0.5, 0.6) is 0 Å². The number of methoxy groups -OCH3 is 1. The van der Waals surface area contributed by atoms with Crippen LogP contribution in [0.1, 0.15) is 10.4 Å². The number of nitrogens with one attached hydrogen (secondary N) is 1. The molecular weight excluding hydrogens is 247 g/mol. The number of benzene rings is 1. The summed E-state index contributed by atoms with van der Waals surface area (Å²) < 4.78 is 4.90. The maximum atomic E-state index is 11.9. The average molecular weight is 264 g/mol. The van der Waals surface area contributed by atoms with Crippen molar-refractivity contribution in [2.24, 2.45) is 5.73 Å². The molecule has 18 heavy (non-hydrogen) atoms. The molecule has 0 radical (unpaired) electrons. The second-order valence-electron chi connectivity index (χ2n) is 4.37. The molecule has 4 nitrogen and oxygen atoms in total. The van der Waals surface area contributed by atoms with E-state index < -0.39 is 0 Å². The largest absolute Gasteiger partial charge is 0.383 e. The van der Waals surface area contributed by atoms with Crippen molar-refractivity contribution in [1.82, 2.24) is 5.32 Å². The molecule has 1 unspecified atom stereocenters. The molecule has 1 aromatic carbocycles. The number of rotatable bonds is 4. The molecule has 1 aromatic rings. The Kier molecular flexibility index (Phi) is 4.32. The molecule has 3 N–H and O–H groups in total. The Balaban J connectivity index is 2.10. The van der Waals surface area contributed by atoms with Crippen molar-refractivity contribution < 1.29 is 9.53 Å². The zero-order valence-corrected chi connectivity index (χ0v) is 11.4. The van der Waals surface area contributed by atoms with E-state index in [1.54, 1.807) is 18.9 Å². The lowest BCUT2D eigenvalue weighted by molar-refractivity contribution is 0.0937. The summed E-state index contributed by atoms with van der Waals surface area (Å²) in [6.45, 7) is 3.43. The van der Waals surface area contributed by atoms with Gasteiger partial charge in [0.15, 0.2) is 0 Å². The van der Waals surface area contributed by atoms with Gasteiger partial charge in [-0.3, -0.25) is 4.79 Å². The molecule has 1 amide bonds. The first kappa shape index (κ1) is 13.5. The quantitative estimate of drug-likeness (QED) is 0.607. The third-order valence-electron chi connectivity index (χ3n) is 3.11. The van der Waals surface area contributed by atoms with Gasteiger partial charge in [-0.1, -0.05) is 18.4 Å². The normalized spacial score (nSPS) is 17.7. The van der Waals surface area contributed by atoms with Gasteiger partial charge in [-0.05, 0) is 12.1 Å². The maximum Gasteiger partial charge on any atom is 0.251 e. The number of hydrogen-bond donors (Lipinski definition) is 2. The van der Waals surface area contributed by atoms with E-state index in [1.807, 2.05) is 18.2 Å². The Labute approximate surface area is 112 Å². The van der Waals surface area contributed by atoms with Gasteiger partial charge in [-0.15, -0.1) is 11.8 Å². The van der Waals surface area contributed by atoms with Crippen LogP contribution in [0.15, 0.2) is 23.1 Å². The first-order chi connectivity index (χ1) is 8.63. The van der Waals surface area contributed by atoms with Crippen molar-refractivity contribution in [2.75, 3.05) is 20.3 Å². The lowest BCUT2D eigenvalue weighted by Crippen LogP contribution is -2.38. The molecule has 1 aliphatic heterocycles. The number of ether oxygens (including phenoxy) is 1. The minimum Gasteiger partial charge on any atom is -0.383 e. The van der Waals surface area contributed by atoms with Crippen molar-refractivity contribution in [3.05, 3.63) is 23.8 Å². The molecule has 0 aromatic heterocycles. The fourth-order valence-corrected chi connectivity index (χ4v) is 3.12. The number of amides is 1. The molecule has 96 valence electrons. The Hall–Kier alpha value is -0.975. The number of carbonyl (C=O) groups excluding carboxylic acids is 1. The SMILES string of the molecule is COCCNC(=O)c1ccc2c(c1)B(C)C(N)S2. The molecule has 6 heteroatoms. The highest BCUT2D eigenvalue weighted by molar-refractivity contribution is 8.02. The van der Waals surface area contributed by atoms with Crippen LogP contribution < -0.4 is 16.5 Å². The van der Waals surface area contributed by atoms with Gasteiger partial charge in [0.05, 0.1) is 6.61 Å². The second kappa shape index (κ2) is 5.78. The van der Waals surface area contributed by atoms with Gasteiger partial charge in [-0.25, -0.2) is 0 Å². The first-order valence-electron chi connectivity index (χ1n) is 5.97. The van der Waals surface area contributed by atoms with Crippen molar-refractivity contribution in [3.8, 4) is 0 Å². The maximum absolute atomic E-state index is 11.9. The molecule has 0 saturated heterocycles.